The van der Waals surface area contributed by atoms with Crippen molar-refractivity contribution in [3.63, 3.8) is 0 Å². The number of carboxylic acids is 1. The topological polar surface area (TPSA) is 102 Å². The lowest BCUT2D eigenvalue weighted by molar-refractivity contribution is -0.137. The van der Waals surface area contributed by atoms with E-state index in [-0.39, 0.29) is 11.8 Å². The predicted octanol–water partition coefficient (Wildman–Crippen LogP) is 0.677. The van der Waals surface area contributed by atoms with Crippen molar-refractivity contribution in [2.45, 2.75) is 19.5 Å². The molecule has 0 unspecified atom stereocenters. The number of carbonyl (C=O) groups excluding carboxylic acids is 1. The van der Waals surface area contributed by atoms with E-state index in [9.17, 15) is 14.4 Å². The van der Waals surface area contributed by atoms with Crippen LogP contribution in [0, 0.1) is 0 Å². The number of hydrogen-bond acceptors (Lipinski definition) is 6. The second-order valence-corrected chi connectivity index (χ2v) is 5.72. The number of fused-ring (bicyclic) bond motifs is 1. The minimum Gasteiger partial charge on any atom is -0.480 e. The molecule has 1 aliphatic rings. The minimum absolute atomic E-state index is 0.228. The number of rotatable bonds is 4. The van der Waals surface area contributed by atoms with Gasteiger partial charge in [0.05, 0.1) is 12.7 Å². The van der Waals surface area contributed by atoms with E-state index in [1.807, 2.05) is 11.0 Å². The van der Waals surface area contributed by atoms with Crippen LogP contribution in [-0.2, 0) is 29.0 Å². The Hall–Kier alpha value is -3.16. The van der Waals surface area contributed by atoms with Gasteiger partial charge in [0.15, 0.2) is 5.82 Å². The smallest absolute Gasteiger partial charge is 0.337 e. The Morgan fingerprint density at radius 1 is 1.32 bits per heavy atom. The fraction of sp³-hybridized carbons (Fsp3) is 0.294. The van der Waals surface area contributed by atoms with Crippen LogP contribution in [0.1, 0.15) is 21.5 Å². The molecular formula is C17H17N3O5. The van der Waals surface area contributed by atoms with Gasteiger partial charge < -0.3 is 14.7 Å². The van der Waals surface area contributed by atoms with Gasteiger partial charge in [0, 0.05) is 25.5 Å². The van der Waals surface area contributed by atoms with Gasteiger partial charge in [0.1, 0.15) is 6.54 Å². The van der Waals surface area contributed by atoms with Gasteiger partial charge in [-0.2, -0.15) is 0 Å². The van der Waals surface area contributed by atoms with Crippen LogP contribution < -0.4 is 10.5 Å². The summed E-state index contributed by atoms with van der Waals surface area (Å²) in [4.78, 5) is 40.9. The third-order valence-electron chi connectivity index (χ3n) is 4.14. The fourth-order valence-electron chi connectivity index (χ4n) is 2.90. The van der Waals surface area contributed by atoms with Crippen LogP contribution in [0.3, 0.4) is 0 Å². The summed E-state index contributed by atoms with van der Waals surface area (Å²) in [6.45, 7) is 0.619. The highest BCUT2D eigenvalue weighted by molar-refractivity contribution is 5.89. The Balaban J connectivity index is 1.87. The molecule has 3 rings (SSSR count). The number of benzene rings is 1. The third kappa shape index (κ3) is 3.37. The van der Waals surface area contributed by atoms with Gasteiger partial charge in [0.2, 0.25) is 0 Å². The molecule has 0 fully saturated rings. The summed E-state index contributed by atoms with van der Waals surface area (Å²) in [6.07, 6.45) is 3.44. The molecular weight excluding hydrogens is 326 g/mol. The van der Waals surface area contributed by atoms with Gasteiger partial charge in [-0.15, -0.1) is 0 Å². The summed E-state index contributed by atoms with van der Waals surface area (Å²) in [5.74, 6) is -1.24. The summed E-state index contributed by atoms with van der Waals surface area (Å²) in [7, 11) is 1.34. The largest absolute Gasteiger partial charge is 0.480 e. The van der Waals surface area contributed by atoms with Gasteiger partial charge in [-0.25, -0.2) is 9.78 Å². The second kappa shape index (κ2) is 6.76. The van der Waals surface area contributed by atoms with Crippen LogP contribution >= 0.6 is 0 Å². The zero-order valence-electron chi connectivity index (χ0n) is 13.6. The third-order valence-corrected chi connectivity index (χ3v) is 4.14. The molecule has 1 aromatic carbocycles. The average molecular weight is 343 g/mol. The van der Waals surface area contributed by atoms with Gasteiger partial charge in [-0.05, 0) is 29.7 Å². The molecule has 0 saturated heterocycles. The maximum absolute atomic E-state index is 12.4. The van der Waals surface area contributed by atoms with E-state index < -0.39 is 18.1 Å². The molecule has 8 heteroatoms. The van der Waals surface area contributed by atoms with Crippen molar-refractivity contribution in [1.82, 2.24) is 9.55 Å². The van der Waals surface area contributed by atoms with Gasteiger partial charge >= 0.3 is 11.9 Å². The number of carbonyl (C=O) groups is 2. The first kappa shape index (κ1) is 16.7. The first-order valence-corrected chi connectivity index (χ1v) is 7.72. The maximum atomic E-state index is 12.4. The molecule has 2 heterocycles. The van der Waals surface area contributed by atoms with Crippen molar-refractivity contribution in [1.29, 1.82) is 0 Å². The number of nitrogens with zero attached hydrogens (tertiary/aromatic N) is 3. The standard InChI is InChI=1S/C17H17N3O5/c1-25-17(24)12-2-3-13-9-19(6-4-11(13)8-12)15-16(23)20(7-5-18-15)10-14(21)22/h2-3,5,7-8H,4,6,9-10H2,1H3,(H,21,22). The Kier molecular flexibility index (Phi) is 4.51. The Bertz CT molecular complexity index is 890. The minimum atomic E-state index is -1.08. The lowest BCUT2D eigenvalue weighted by Crippen LogP contribution is -2.37. The Morgan fingerprint density at radius 3 is 2.84 bits per heavy atom. The lowest BCUT2D eigenvalue weighted by atomic mass is 9.97. The zero-order chi connectivity index (χ0) is 18.0. The number of aromatic nitrogens is 2. The van der Waals surface area contributed by atoms with Crippen molar-refractivity contribution in [2.24, 2.45) is 0 Å². The molecule has 1 aromatic heterocycles. The number of methoxy groups -OCH3 is 1. The summed E-state index contributed by atoms with van der Waals surface area (Å²) in [6, 6.07) is 5.33. The van der Waals surface area contributed by atoms with Crippen molar-refractivity contribution in [2.75, 3.05) is 18.6 Å². The first-order valence-electron chi connectivity index (χ1n) is 7.72. The maximum Gasteiger partial charge on any atom is 0.337 e. The second-order valence-electron chi connectivity index (χ2n) is 5.72. The van der Waals surface area contributed by atoms with Crippen LogP contribution in [0.2, 0.25) is 0 Å². The molecule has 0 spiro atoms. The molecule has 1 N–H and O–H groups in total. The molecule has 0 bridgehead atoms. The number of anilines is 1. The summed E-state index contributed by atoms with van der Waals surface area (Å²) < 4.78 is 5.85. The van der Waals surface area contributed by atoms with E-state index in [1.54, 1.807) is 12.1 Å². The number of hydrogen-bond donors (Lipinski definition) is 1. The van der Waals surface area contributed by atoms with E-state index in [0.29, 0.717) is 25.1 Å². The van der Waals surface area contributed by atoms with E-state index in [4.69, 9.17) is 9.84 Å². The number of esters is 1. The molecule has 25 heavy (non-hydrogen) atoms. The van der Waals surface area contributed by atoms with Crippen molar-refractivity contribution < 1.29 is 19.4 Å². The van der Waals surface area contributed by atoms with Crippen LogP contribution in [0.4, 0.5) is 5.82 Å². The van der Waals surface area contributed by atoms with Gasteiger partial charge in [-0.3, -0.25) is 14.2 Å². The van der Waals surface area contributed by atoms with Crippen molar-refractivity contribution in [3.8, 4) is 0 Å². The van der Waals surface area contributed by atoms with Gasteiger partial charge in [0.25, 0.3) is 5.56 Å². The van der Waals surface area contributed by atoms with E-state index in [2.05, 4.69) is 4.98 Å². The molecule has 1 aliphatic heterocycles. The van der Waals surface area contributed by atoms with Crippen LogP contribution in [-0.4, -0.2) is 40.3 Å². The monoisotopic (exact) mass is 343 g/mol. The quantitative estimate of drug-likeness (QED) is 0.814. The molecule has 0 radical (unpaired) electrons. The van der Waals surface area contributed by atoms with E-state index >= 15 is 0 Å². The van der Waals surface area contributed by atoms with E-state index in [0.717, 1.165) is 15.7 Å². The molecule has 0 amide bonds. The normalized spacial score (nSPS) is 13.2. The first-order chi connectivity index (χ1) is 12.0. The number of aliphatic carboxylic acids is 1. The van der Waals surface area contributed by atoms with E-state index in [1.165, 1.54) is 19.5 Å². The fourth-order valence-corrected chi connectivity index (χ4v) is 2.90. The molecule has 0 saturated carbocycles. The zero-order valence-corrected chi connectivity index (χ0v) is 13.6. The van der Waals surface area contributed by atoms with Crippen LogP contribution in [0.15, 0.2) is 35.4 Å². The highest BCUT2D eigenvalue weighted by Gasteiger charge is 2.22. The SMILES string of the molecule is COC(=O)c1ccc2c(c1)CCN(c1nccn(CC(=O)O)c1=O)C2. The van der Waals surface area contributed by atoms with Crippen molar-refractivity contribution >= 4 is 17.8 Å². The highest BCUT2D eigenvalue weighted by Crippen LogP contribution is 2.22. The molecule has 0 atom stereocenters. The Labute approximate surface area is 143 Å². The number of ether oxygens (including phenoxy) is 1. The van der Waals surface area contributed by atoms with Crippen LogP contribution in [0.5, 0.6) is 0 Å². The molecule has 8 nitrogen and oxygen atoms in total. The lowest BCUT2D eigenvalue weighted by Gasteiger charge is -2.29. The summed E-state index contributed by atoms with van der Waals surface area (Å²) >= 11 is 0. The summed E-state index contributed by atoms with van der Waals surface area (Å²) in [5.41, 5.74) is 2.09. The average Bonchev–Trinajstić information content (AvgIpc) is 2.61. The molecule has 0 aliphatic carbocycles. The number of carboxylic acid groups (broad SMARTS) is 1. The van der Waals surface area contributed by atoms with Crippen LogP contribution in [0.25, 0.3) is 0 Å². The molecule has 130 valence electrons. The van der Waals surface area contributed by atoms with Gasteiger partial charge in [-0.1, -0.05) is 6.07 Å². The predicted molar refractivity (Wildman–Crippen MR) is 88.7 cm³/mol. The summed E-state index contributed by atoms with van der Waals surface area (Å²) in [5, 5.41) is 8.88. The van der Waals surface area contributed by atoms with Crippen molar-refractivity contribution in [3.05, 3.63) is 57.6 Å². The Morgan fingerprint density at radius 2 is 2.12 bits per heavy atom. The highest BCUT2D eigenvalue weighted by atomic mass is 16.5. The molecule has 2 aromatic rings.